The summed E-state index contributed by atoms with van der Waals surface area (Å²) >= 11 is 0. The predicted molar refractivity (Wildman–Crippen MR) is 156 cm³/mol. The van der Waals surface area contributed by atoms with Gasteiger partial charge in [0, 0.05) is 32.5 Å². The minimum Gasteiger partial charge on any atom is -0.305 e. The Hall–Kier alpha value is -3.39. The van der Waals surface area contributed by atoms with Crippen molar-refractivity contribution in [1.29, 1.82) is 0 Å². The Morgan fingerprint density at radius 3 is 2.10 bits per heavy atom. The molecule has 2 heterocycles. The van der Waals surface area contributed by atoms with Gasteiger partial charge in [-0.2, -0.15) is 0 Å². The fourth-order valence-corrected chi connectivity index (χ4v) is 5.57. The van der Waals surface area contributed by atoms with E-state index in [2.05, 4.69) is 79.3 Å². The van der Waals surface area contributed by atoms with Crippen LogP contribution in [-0.4, -0.2) is 9.97 Å². The van der Waals surface area contributed by atoms with Gasteiger partial charge in [-0.3, -0.25) is 0 Å². The summed E-state index contributed by atoms with van der Waals surface area (Å²) in [6.45, 7) is 6.76. The van der Waals surface area contributed by atoms with Gasteiger partial charge in [-0.05, 0) is 71.3 Å². The Balaban J connectivity index is 0.000000200. The molecule has 0 aliphatic heterocycles. The van der Waals surface area contributed by atoms with E-state index in [0.29, 0.717) is 0 Å². The van der Waals surface area contributed by atoms with Crippen LogP contribution in [0.4, 0.5) is 0 Å². The van der Waals surface area contributed by atoms with Gasteiger partial charge < -0.3 is 9.97 Å². The molecule has 2 aliphatic carbocycles. The minimum absolute atomic E-state index is 0. The number of rotatable bonds is 2. The van der Waals surface area contributed by atoms with Gasteiger partial charge in [-0.25, -0.2) is 0 Å². The molecule has 0 fully saturated rings. The first-order valence-corrected chi connectivity index (χ1v) is 13.5. The van der Waals surface area contributed by atoms with Crippen LogP contribution in [0.3, 0.4) is 0 Å². The number of benzene rings is 3. The average molecular weight is 685 g/mol. The summed E-state index contributed by atoms with van der Waals surface area (Å²) in [5, 5.41) is 0. The van der Waals surface area contributed by atoms with Crippen LogP contribution in [0, 0.1) is 12.1 Å². The molecule has 0 N–H and O–H groups in total. The summed E-state index contributed by atoms with van der Waals surface area (Å²) in [6.07, 6.45) is 8.23. The molecule has 0 unspecified atom stereocenters. The van der Waals surface area contributed by atoms with Gasteiger partial charge in [0.1, 0.15) is 0 Å². The molecule has 0 saturated heterocycles. The zero-order valence-corrected chi connectivity index (χ0v) is 25.1. The monoisotopic (exact) mass is 685 g/mol. The Morgan fingerprint density at radius 1 is 0.641 bits per heavy atom. The maximum absolute atomic E-state index is 4.68. The van der Waals surface area contributed by atoms with E-state index in [0.717, 1.165) is 48.2 Å². The van der Waals surface area contributed by atoms with Crippen molar-refractivity contribution < 1.29 is 20.1 Å². The van der Waals surface area contributed by atoms with Crippen molar-refractivity contribution in [2.45, 2.75) is 51.9 Å². The largest absolute Gasteiger partial charge is 0.305 e. The SMILES string of the molecule is CC(C)(C)c1ccnc(-c2[c-]c3c4c(c2)CCc2cccc(c2-4)CC3)c1.[Ir].[c-]1ccccc1-c1ccccn1. The van der Waals surface area contributed by atoms with E-state index < -0.39 is 0 Å². The summed E-state index contributed by atoms with van der Waals surface area (Å²) in [6, 6.07) is 34.1. The topological polar surface area (TPSA) is 25.8 Å². The fourth-order valence-electron chi connectivity index (χ4n) is 5.57. The zero-order chi connectivity index (χ0) is 26.1. The van der Waals surface area contributed by atoms with Gasteiger partial charge >= 0.3 is 0 Å². The van der Waals surface area contributed by atoms with Crippen molar-refractivity contribution in [3.63, 3.8) is 0 Å². The number of pyridine rings is 2. The molecular formula is C36H32IrN2-2. The van der Waals surface area contributed by atoms with E-state index in [4.69, 9.17) is 0 Å². The molecule has 197 valence electrons. The van der Waals surface area contributed by atoms with Crippen LogP contribution in [0.2, 0.25) is 0 Å². The van der Waals surface area contributed by atoms with Gasteiger partial charge in [0.2, 0.25) is 0 Å². The summed E-state index contributed by atoms with van der Waals surface area (Å²) < 4.78 is 0. The third-order valence-electron chi connectivity index (χ3n) is 7.57. The van der Waals surface area contributed by atoms with Crippen molar-refractivity contribution in [3.8, 4) is 33.6 Å². The van der Waals surface area contributed by atoms with Crippen molar-refractivity contribution in [3.05, 3.63) is 131 Å². The fraction of sp³-hybridized carbons (Fsp3) is 0.222. The van der Waals surface area contributed by atoms with Crippen LogP contribution in [0.1, 0.15) is 48.6 Å². The Morgan fingerprint density at radius 2 is 1.38 bits per heavy atom. The molecule has 2 aromatic heterocycles. The second-order valence-electron chi connectivity index (χ2n) is 11.2. The van der Waals surface area contributed by atoms with Crippen molar-refractivity contribution in [1.82, 2.24) is 9.97 Å². The Bertz CT molecular complexity index is 1500. The van der Waals surface area contributed by atoms with Gasteiger partial charge in [0.25, 0.3) is 0 Å². The van der Waals surface area contributed by atoms with Crippen LogP contribution in [0.5, 0.6) is 0 Å². The molecule has 0 amide bonds. The molecule has 39 heavy (non-hydrogen) atoms. The van der Waals surface area contributed by atoms with E-state index in [1.165, 1.54) is 38.9 Å². The maximum Gasteiger partial charge on any atom is 0.0163 e. The van der Waals surface area contributed by atoms with Crippen LogP contribution < -0.4 is 0 Å². The second-order valence-corrected chi connectivity index (χ2v) is 11.2. The number of hydrogen-bond acceptors (Lipinski definition) is 2. The summed E-state index contributed by atoms with van der Waals surface area (Å²) in [5.41, 5.74) is 14.6. The van der Waals surface area contributed by atoms with E-state index >= 15 is 0 Å². The number of hydrogen-bond donors (Lipinski definition) is 0. The molecule has 7 rings (SSSR count). The smallest absolute Gasteiger partial charge is 0.0163 e. The van der Waals surface area contributed by atoms with Crippen LogP contribution in [0.15, 0.2) is 91.3 Å². The summed E-state index contributed by atoms with van der Waals surface area (Å²) in [5.74, 6) is 0. The zero-order valence-electron chi connectivity index (χ0n) is 22.7. The number of nitrogens with zero attached hydrogens (tertiary/aromatic N) is 2. The molecule has 0 spiro atoms. The quantitative estimate of drug-likeness (QED) is 0.175. The second kappa shape index (κ2) is 11.4. The standard InChI is InChI=1S/C25H24N.C11H8N.Ir/c1-25(2,3)21-11-12-26-22(15-21)20-13-18-9-7-16-5-4-6-17-8-10-19(14-20)24(18)23(16)17;1-2-6-10(7-3-1)11-8-4-5-9-12-11;/h4-6,11-13,15H,7-10H2,1-3H3;1-6,8-9H;/q2*-1;. The molecule has 1 radical (unpaired) electrons. The summed E-state index contributed by atoms with van der Waals surface area (Å²) in [7, 11) is 0. The number of aryl methyl sites for hydroxylation is 4. The van der Waals surface area contributed by atoms with E-state index in [-0.39, 0.29) is 25.5 Å². The Labute approximate surface area is 245 Å². The van der Waals surface area contributed by atoms with E-state index in [9.17, 15) is 0 Å². The van der Waals surface area contributed by atoms with Gasteiger partial charge in [-0.15, -0.1) is 64.7 Å². The number of aromatic nitrogens is 2. The van der Waals surface area contributed by atoms with Crippen LogP contribution in [-0.2, 0) is 51.2 Å². The normalized spacial score (nSPS) is 12.9. The van der Waals surface area contributed by atoms with Gasteiger partial charge in [0.05, 0.1) is 0 Å². The van der Waals surface area contributed by atoms with E-state index in [1.54, 1.807) is 6.20 Å². The molecule has 3 heteroatoms. The molecule has 0 atom stereocenters. The summed E-state index contributed by atoms with van der Waals surface area (Å²) in [4.78, 5) is 8.89. The molecule has 2 aliphatic rings. The van der Waals surface area contributed by atoms with Crippen LogP contribution >= 0.6 is 0 Å². The molecule has 3 aromatic carbocycles. The molecule has 0 saturated carbocycles. The van der Waals surface area contributed by atoms with Crippen molar-refractivity contribution >= 4 is 0 Å². The Kier molecular flexibility index (Phi) is 7.93. The predicted octanol–water partition coefficient (Wildman–Crippen LogP) is 8.26. The van der Waals surface area contributed by atoms with Crippen molar-refractivity contribution in [2.75, 3.05) is 0 Å². The molecule has 5 aromatic rings. The van der Waals surface area contributed by atoms with E-state index in [1.807, 2.05) is 48.7 Å². The van der Waals surface area contributed by atoms with Gasteiger partial charge in [0.15, 0.2) is 0 Å². The molecule has 0 bridgehead atoms. The molecular weight excluding hydrogens is 653 g/mol. The van der Waals surface area contributed by atoms with Gasteiger partial charge in [-0.1, -0.05) is 68.3 Å². The first kappa shape index (κ1) is 27.2. The van der Waals surface area contributed by atoms with Crippen molar-refractivity contribution in [2.24, 2.45) is 0 Å². The minimum atomic E-state index is 0. The third kappa shape index (κ3) is 5.66. The average Bonchev–Trinajstić information content (AvgIpc) is 2.97. The maximum atomic E-state index is 4.68. The first-order valence-electron chi connectivity index (χ1n) is 13.5. The first-order chi connectivity index (χ1) is 18.5. The molecule has 2 nitrogen and oxygen atoms in total. The third-order valence-corrected chi connectivity index (χ3v) is 7.57. The van der Waals surface area contributed by atoms with Crippen LogP contribution in [0.25, 0.3) is 33.6 Å².